The van der Waals surface area contributed by atoms with Crippen molar-refractivity contribution in [1.82, 2.24) is 0 Å². The highest BCUT2D eigenvalue weighted by molar-refractivity contribution is 4.96. The van der Waals surface area contributed by atoms with Gasteiger partial charge in [-0.3, -0.25) is 0 Å². The van der Waals surface area contributed by atoms with Gasteiger partial charge in [0.1, 0.15) is 0 Å². The second-order valence-corrected chi connectivity index (χ2v) is 3.34. The molecule has 0 saturated heterocycles. The molecule has 1 fully saturated rings. The first-order valence-electron chi connectivity index (χ1n) is 3.47. The molecule has 0 heterocycles. The Morgan fingerprint density at radius 3 is 1.75 bits per heavy atom. The van der Waals surface area contributed by atoms with Crippen LogP contribution in [-0.2, 0) is 0 Å². The Morgan fingerprint density at radius 1 is 1.38 bits per heavy atom. The van der Waals surface area contributed by atoms with Crippen LogP contribution in [0.25, 0.3) is 0 Å². The van der Waals surface area contributed by atoms with E-state index < -0.39 is 0 Å². The quantitative estimate of drug-likeness (QED) is 0.456. The van der Waals surface area contributed by atoms with Gasteiger partial charge in [0, 0.05) is 0 Å². The Hall–Kier alpha value is 0. The van der Waals surface area contributed by atoms with Crippen molar-refractivity contribution in [1.29, 1.82) is 0 Å². The van der Waals surface area contributed by atoms with Gasteiger partial charge in [-0.25, -0.2) is 0 Å². The Bertz CT molecular complexity index is 69.3. The summed E-state index contributed by atoms with van der Waals surface area (Å²) in [6.07, 6.45) is 0. The van der Waals surface area contributed by atoms with E-state index in [0.717, 1.165) is 23.7 Å². The van der Waals surface area contributed by atoms with Crippen molar-refractivity contribution in [2.24, 2.45) is 23.7 Å². The molecule has 0 amide bonds. The first-order valence-corrected chi connectivity index (χ1v) is 3.47. The molecular formula is C8H15-. The third-order valence-corrected chi connectivity index (χ3v) is 2.41. The smallest absolute Gasteiger partial charge is 0.0463 e. The van der Waals surface area contributed by atoms with Crippen molar-refractivity contribution < 1.29 is 0 Å². The minimum absolute atomic E-state index is 0.759. The van der Waals surface area contributed by atoms with Gasteiger partial charge in [0.25, 0.3) is 0 Å². The van der Waals surface area contributed by atoms with E-state index in [4.69, 9.17) is 0 Å². The van der Waals surface area contributed by atoms with Crippen molar-refractivity contribution in [2.75, 3.05) is 0 Å². The lowest BCUT2D eigenvalue weighted by atomic mass is 10.1. The van der Waals surface area contributed by atoms with Crippen molar-refractivity contribution in [3.8, 4) is 0 Å². The molecule has 0 aromatic rings. The van der Waals surface area contributed by atoms with Gasteiger partial charge in [0.2, 0.25) is 0 Å². The topological polar surface area (TPSA) is 0 Å². The van der Waals surface area contributed by atoms with Crippen LogP contribution in [-0.4, -0.2) is 0 Å². The monoisotopic (exact) mass is 111 g/mol. The molecule has 8 heavy (non-hydrogen) atoms. The van der Waals surface area contributed by atoms with Crippen LogP contribution < -0.4 is 0 Å². The van der Waals surface area contributed by atoms with Crippen LogP contribution in [0.1, 0.15) is 20.8 Å². The minimum Gasteiger partial charge on any atom is -0.340 e. The molecule has 1 aliphatic rings. The summed E-state index contributed by atoms with van der Waals surface area (Å²) in [6, 6.07) is 0. The average molecular weight is 111 g/mol. The maximum atomic E-state index is 4.03. The van der Waals surface area contributed by atoms with Crippen LogP contribution >= 0.6 is 0 Å². The zero-order valence-corrected chi connectivity index (χ0v) is 6.02. The van der Waals surface area contributed by atoms with Crippen molar-refractivity contribution in [3.63, 3.8) is 0 Å². The van der Waals surface area contributed by atoms with Crippen molar-refractivity contribution >= 4 is 0 Å². The average Bonchev–Trinajstić information content (AvgIpc) is 2.15. The normalized spacial score (nSPS) is 45.4. The second kappa shape index (κ2) is 1.75. The van der Waals surface area contributed by atoms with Gasteiger partial charge in [-0.1, -0.05) is 32.6 Å². The third-order valence-electron chi connectivity index (χ3n) is 2.41. The van der Waals surface area contributed by atoms with Gasteiger partial charge in [-0.05, 0) is 5.92 Å². The zero-order chi connectivity index (χ0) is 6.31. The number of hydrogen-bond donors (Lipinski definition) is 0. The van der Waals surface area contributed by atoms with Gasteiger partial charge in [-0.2, -0.15) is 5.92 Å². The fraction of sp³-hybridized carbons (Fsp3) is 0.875. The molecule has 1 saturated carbocycles. The molecule has 0 aliphatic heterocycles. The van der Waals surface area contributed by atoms with E-state index >= 15 is 0 Å². The number of hydrogen-bond acceptors (Lipinski definition) is 0. The summed E-state index contributed by atoms with van der Waals surface area (Å²) in [5.41, 5.74) is 0. The van der Waals surface area contributed by atoms with Crippen LogP contribution in [0, 0.1) is 30.6 Å². The largest absolute Gasteiger partial charge is 0.340 e. The molecule has 0 N–H and O–H groups in total. The maximum absolute atomic E-state index is 4.03. The lowest BCUT2D eigenvalue weighted by Gasteiger charge is -2.00. The maximum Gasteiger partial charge on any atom is -0.0463 e. The predicted molar refractivity (Wildman–Crippen MR) is 36.3 cm³/mol. The number of rotatable bonds is 1. The molecule has 3 unspecified atom stereocenters. The van der Waals surface area contributed by atoms with Gasteiger partial charge in [0.15, 0.2) is 0 Å². The molecule has 0 spiro atoms. The van der Waals surface area contributed by atoms with Crippen LogP contribution in [0.4, 0.5) is 0 Å². The fourth-order valence-electron chi connectivity index (χ4n) is 1.68. The lowest BCUT2D eigenvalue weighted by Crippen LogP contribution is -1.90. The molecule has 48 valence electrons. The summed E-state index contributed by atoms with van der Waals surface area (Å²) < 4.78 is 0. The molecule has 0 heteroatoms. The highest BCUT2D eigenvalue weighted by Crippen LogP contribution is 2.49. The summed E-state index contributed by atoms with van der Waals surface area (Å²) >= 11 is 0. The first kappa shape index (κ1) is 6.12. The van der Waals surface area contributed by atoms with E-state index in [2.05, 4.69) is 27.7 Å². The molecule has 0 bridgehead atoms. The summed E-state index contributed by atoms with van der Waals surface area (Å²) in [5, 5.41) is 0. The van der Waals surface area contributed by atoms with Gasteiger partial charge in [0.05, 0.1) is 0 Å². The van der Waals surface area contributed by atoms with Gasteiger partial charge in [-0.15, -0.1) is 0 Å². The SMILES string of the molecule is [CH2-]C1C(C)C1C(C)C. The first-order chi connectivity index (χ1) is 3.64. The molecular weight excluding hydrogens is 96.1 g/mol. The predicted octanol–water partition coefficient (Wildman–Crippen LogP) is 2.36. The van der Waals surface area contributed by atoms with Crippen molar-refractivity contribution in [3.05, 3.63) is 6.92 Å². The molecule has 0 aromatic heterocycles. The van der Waals surface area contributed by atoms with E-state index in [1.54, 1.807) is 0 Å². The Kier molecular flexibility index (Phi) is 1.34. The standard InChI is InChI=1S/C8H15/c1-5(2)8-6(3)7(8)4/h5-8H,3H2,1-2,4H3/q-1. The van der Waals surface area contributed by atoms with Gasteiger partial charge >= 0.3 is 0 Å². The molecule has 1 aliphatic carbocycles. The van der Waals surface area contributed by atoms with E-state index in [1.165, 1.54) is 0 Å². The molecule has 3 atom stereocenters. The Labute approximate surface area is 52.3 Å². The molecule has 0 nitrogen and oxygen atoms in total. The van der Waals surface area contributed by atoms with Crippen LogP contribution in [0.2, 0.25) is 0 Å². The summed E-state index contributed by atoms with van der Waals surface area (Å²) in [5.74, 6) is 3.44. The van der Waals surface area contributed by atoms with E-state index in [0.29, 0.717) is 0 Å². The van der Waals surface area contributed by atoms with Crippen LogP contribution in [0.3, 0.4) is 0 Å². The third kappa shape index (κ3) is 0.765. The second-order valence-electron chi connectivity index (χ2n) is 3.34. The highest BCUT2D eigenvalue weighted by Gasteiger charge is 2.38. The highest BCUT2D eigenvalue weighted by atomic mass is 14.5. The van der Waals surface area contributed by atoms with Crippen molar-refractivity contribution in [2.45, 2.75) is 20.8 Å². The Morgan fingerprint density at radius 2 is 1.75 bits per heavy atom. The molecule has 0 aromatic carbocycles. The molecule has 0 radical (unpaired) electrons. The minimum atomic E-state index is 0.759. The van der Waals surface area contributed by atoms with E-state index in [1.807, 2.05) is 0 Å². The summed E-state index contributed by atoms with van der Waals surface area (Å²) in [6.45, 7) is 10.9. The van der Waals surface area contributed by atoms with Gasteiger partial charge < -0.3 is 6.92 Å². The Balaban J connectivity index is 2.33. The lowest BCUT2D eigenvalue weighted by molar-refractivity contribution is 0.520. The molecule has 1 rings (SSSR count). The zero-order valence-electron chi connectivity index (χ0n) is 6.02. The van der Waals surface area contributed by atoms with E-state index in [9.17, 15) is 0 Å². The fourth-order valence-corrected chi connectivity index (χ4v) is 1.68. The summed E-state index contributed by atoms with van der Waals surface area (Å²) in [7, 11) is 0. The van der Waals surface area contributed by atoms with Crippen LogP contribution in [0.15, 0.2) is 0 Å². The van der Waals surface area contributed by atoms with E-state index in [-0.39, 0.29) is 0 Å². The summed E-state index contributed by atoms with van der Waals surface area (Å²) in [4.78, 5) is 0. The van der Waals surface area contributed by atoms with Crippen LogP contribution in [0.5, 0.6) is 0 Å².